The zero-order valence-electron chi connectivity index (χ0n) is 19.0. The quantitative estimate of drug-likeness (QED) is 0.482. The van der Waals surface area contributed by atoms with Crippen LogP contribution in [0.25, 0.3) is 0 Å². The van der Waals surface area contributed by atoms with Gasteiger partial charge in [0.05, 0.1) is 6.10 Å². The normalized spacial score (nSPS) is 12.7. The molecule has 0 aliphatic heterocycles. The predicted octanol–water partition coefficient (Wildman–Crippen LogP) is 4.28. The fourth-order valence-electron chi connectivity index (χ4n) is 2.60. The van der Waals surface area contributed by atoms with Gasteiger partial charge in [0.1, 0.15) is 16.2 Å². The first-order valence-corrected chi connectivity index (χ1v) is 11.5. The average Bonchev–Trinajstić information content (AvgIpc) is 2.65. The molecule has 8 nitrogen and oxygen atoms in total. The van der Waals surface area contributed by atoms with Crippen LogP contribution in [0.3, 0.4) is 0 Å². The Balaban J connectivity index is 2.23. The molecule has 0 radical (unpaired) electrons. The second kappa shape index (κ2) is 10.0. The number of rotatable bonds is 7. The van der Waals surface area contributed by atoms with Crippen LogP contribution >= 0.6 is 0 Å². The Morgan fingerprint density at radius 3 is 2.00 bits per heavy atom. The van der Waals surface area contributed by atoms with E-state index in [0.717, 1.165) is 5.56 Å². The molecular formula is C23H29NO7S. The number of carbonyl (C=O) groups excluding carboxylic acids is 2. The van der Waals surface area contributed by atoms with E-state index in [9.17, 15) is 18.0 Å². The maximum atomic E-state index is 12.6. The molecule has 174 valence electrons. The summed E-state index contributed by atoms with van der Waals surface area (Å²) in [5.41, 5.74) is 0.547. The van der Waals surface area contributed by atoms with E-state index < -0.39 is 39.9 Å². The SMILES string of the molecule is Cc1ccc(S(=O)(=O)Oc2ccc(C(NC(=O)OC(C)(C)C)C(=O)OC(C)C)cc2)cc1. The van der Waals surface area contributed by atoms with Gasteiger partial charge in [-0.2, -0.15) is 8.42 Å². The minimum Gasteiger partial charge on any atom is -0.461 e. The molecule has 2 aromatic carbocycles. The van der Waals surface area contributed by atoms with Gasteiger partial charge in [0.25, 0.3) is 0 Å². The largest absolute Gasteiger partial charge is 0.461 e. The molecule has 2 aromatic rings. The molecule has 0 aliphatic carbocycles. The average molecular weight is 464 g/mol. The van der Waals surface area contributed by atoms with Gasteiger partial charge in [-0.1, -0.05) is 29.8 Å². The smallest absolute Gasteiger partial charge is 0.408 e. The Kier molecular flexibility index (Phi) is 7.90. The van der Waals surface area contributed by atoms with Crippen molar-refractivity contribution >= 4 is 22.2 Å². The Morgan fingerprint density at radius 1 is 0.938 bits per heavy atom. The van der Waals surface area contributed by atoms with Crippen molar-refractivity contribution in [1.82, 2.24) is 5.32 Å². The van der Waals surface area contributed by atoms with Gasteiger partial charge in [0.15, 0.2) is 6.04 Å². The molecule has 1 amide bonds. The van der Waals surface area contributed by atoms with E-state index in [1.165, 1.54) is 36.4 Å². The fourth-order valence-corrected chi connectivity index (χ4v) is 3.53. The molecule has 0 heterocycles. The van der Waals surface area contributed by atoms with Gasteiger partial charge in [-0.05, 0) is 71.4 Å². The summed E-state index contributed by atoms with van der Waals surface area (Å²) in [7, 11) is -4.02. The molecule has 0 fully saturated rings. The van der Waals surface area contributed by atoms with Gasteiger partial charge in [-0.25, -0.2) is 9.59 Å². The molecule has 1 unspecified atom stereocenters. The van der Waals surface area contributed by atoms with E-state index in [1.807, 2.05) is 6.92 Å². The molecule has 1 atom stereocenters. The first-order valence-electron chi connectivity index (χ1n) is 10.1. The first kappa shape index (κ1) is 25.2. The van der Waals surface area contributed by atoms with Crippen LogP contribution in [0.15, 0.2) is 53.4 Å². The number of esters is 1. The monoisotopic (exact) mass is 463 g/mol. The molecule has 0 spiro atoms. The predicted molar refractivity (Wildman–Crippen MR) is 119 cm³/mol. The number of hydrogen-bond donors (Lipinski definition) is 1. The zero-order valence-corrected chi connectivity index (χ0v) is 19.9. The topological polar surface area (TPSA) is 108 Å². The van der Waals surface area contributed by atoms with Crippen molar-refractivity contribution in [3.05, 3.63) is 59.7 Å². The number of alkyl carbamates (subject to hydrolysis) is 1. The van der Waals surface area contributed by atoms with Crippen molar-refractivity contribution in [3.8, 4) is 5.75 Å². The summed E-state index contributed by atoms with van der Waals surface area (Å²) in [6.07, 6.45) is -1.18. The lowest BCUT2D eigenvalue weighted by molar-refractivity contribution is -0.150. The van der Waals surface area contributed by atoms with Gasteiger partial charge in [0, 0.05) is 0 Å². The van der Waals surface area contributed by atoms with Crippen LogP contribution in [0.4, 0.5) is 4.79 Å². The second-order valence-electron chi connectivity index (χ2n) is 8.48. The molecule has 9 heteroatoms. The summed E-state index contributed by atoms with van der Waals surface area (Å²) < 4.78 is 40.6. The van der Waals surface area contributed by atoms with E-state index in [-0.39, 0.29) is 10.6 Å². The number of carbonyl (C=O) groups is 2. The van der Waals surface area contributed by atoms with Crippen LogP contribution in [0.5, 0.6) is 5.75 Å². The van der Waals surface area contributed by atoms with Crippen LogP contribution in [-0.4, -0.2) is 32.2 Å². The van der Waals surface area contributed by atoms with Gasteiger partial charge in [-0.3, -0.25) is 0 Å². The molecule has 32 heavy (non-hydrogen) atoms. The van der Waals surface area contributed by atoms with Crippen LogP contribution < -0.4 is 9.50 Å². The van der Waals surface area contributed by atoms with Crippen molar-refractivity contribution in [2.24, 2.45) is 0 Å². The van der Waals surface area contributed by atoms with E-state index in [4.69, 9.17) is 13.7 Å². The van der Waals surface area contributed by atoms with Gasteiger partial charge < -0.3 is 19.0 Å². The van der Waals surface area contributed by atoms with Gasteiger partial charge >= 0.3 is 22.2 Å². The maximum Gasteiger partial charge on any atom is 0.408 e. The molecule has 0 aromatic heterocycles. The molecule has 0 aliphatic rings. The highest BCUT2D eigenvalue weighted by atomic mass is 32.2. The number of aryl methyl sites for hydroxylation is 1. The van der Waals surface area contributed by atoms with E-state index in [1.54, 1.807) is 46.8 Å². The summed E-state index contributed by atoms with van der Waals surface area (Å²) >= 11 is 0. The van der Waals surface area contributed by atoms with Crippen LogP contribution in [0.2, 0.25) is 0 Å². The van der Waals surface area contributed by atoms with E-state index in [0.29, 0.717) is 5.56 Å². The summed E-state index contributed by atoms with van der Waals surface area (Å²) in [5, 5.41) is 2.50. The van der Waals surface area contributed by atoms with Crippen LogP contribution in [-0.2, 0) is 24.4 Å². The minimum atomic E-state index is -4.02. The number of ether oxygens (including phenoxy) is 2. The third kappa shape index (κ3) is 7.56. The van der Waals surface area contributed by atoms with Gasteiger partial charge in [-0.15, -0.1) is 0 Å². The van der Waals surface area contributed by atoms with Crippen molar-refractivity contribution in [3.63, 3.8) is 0 Å². The lowest BCUT2D eigenvalue weighted by Gasteiger charge is -2.23. The molecule has 0 saturated heterocycles. The molecule has 1 N–H and O–H groups in total. The summed E-state index contributed by atoms with van der Waals surface area (Å²) in [6.45, 7) is 10.3. The Bertz CT molecular complexity index is 1040. The number of benzene rings is 2. The fraction of sp³-hybridized carbons (Fsp3) is 0.391. The Labute approximate surface area is 189 Å². The third-order valence-corrected chi connectivity index (χ3v) is 5.24. The molecule has 0 saturated carbocycles. The number of nitrogens with one attached hydrogen (secondary N) is 1. The minimum absolute atomic E-state index is 0.0251. The standard InChI is InChI=1S/C23H29NO7S/c1-15(2)29-21(25)20(24-22(26)30-23(4,5)6)17-9-11-18(12-10-17)31-32(27,28)19-13-7-16(3)8-14-19/h7-15,20H,1-6H3,(H,24,26). The number of amides is 1. The lowest BCUT2D eigenvalue weighted by Crippen LogP contribution is -2.39. The summed E-state index contributed by atoms with van der Waals surface area (Å²) in [5.74, 6) is -0.616. The van der Waals surface area contributed by atoms with Crippen molar-refractivity contribution in [2.75, 3.05) is 0 Å². The second-order valence-corrected chi connectivity index (χ2v) is 10.0. The van der Waals surface area contributed by atoms with Gasteiger partial charge in [0.2, 0.25) is 0 Å². The zero-order chi connectivity index (χ0) is 24.1. The lowest BCUT2D eigenvalue weighted by atomic mass is 10.1. The molecular weight excluding hydrogens is 434 g/mol. The van der Waals surface area contributed by atoms with Crippen LogP contribution in [0, 0.1) is 6.92 Å². The maximum absolute atomic E-state index is 12.6. The van der Waals surface area contributed by atoms with Crippen molar-refractivity contribution < 1.29 is 31.7 Å². The third-order valence-electron chi connectivity index (χ3n) is 3.98. The van der Waals surface area contributed by atoms with Crippen molar-refractivity contribution in [1.29, 1.82) is 0 Å². The number of hydrogen-bond acceptors (Lipinski definition) is 7. The highest BCUT2D eigenvalue weighted by Gasteiger charge is 2.28. The summed E-state index contributed by atoms with van der Waals surface area (Å²) in [4.78, 5) is 24.8. The van der Waals surface area contributed by atoms with Crippen molar-refractivity contribution in [2.45, 2.75) is 64.2 Å². The molecule has 0 bridgehead atoms. The summed E-state index contributed by atoms with van der Waals surface area (Å²) in [6, 6.07) is 10.9. The van der Waals surface area contributed by atoms with E-state index in [2.05, 4.69) is 5.32 Å². The van der Waals surface area contributed by atoms with Crippen LogP contribution in [0.1, 0.15) is 51.8 Å². The van der Waals surface area contributed by atoms with E-state index >= 15 is 0 Å². The molecule has 2 rings (SSSR count). The Morgan fingerprint density at radius 2 is 1.50 bits per heavy atom. The highest BCUT2D eigenvalue weighted by molar-refractivity contribution is 7.87. The Hall–Kier alpha value is -3.07. The first-order chi connectivity index (χ1) is 14.8. The highest BCUT2D eigenvalue weighted by Crippen LogP contribution is 2.23.